The Labute approximate surface area is 142 Å². The molecule has 5 nitrogen and oxygen atoms in total. The number of ether oxygens (including phenoxy) is 1. The summed E-state index contributed by atoms with van der Waals surface area (Å²) in [5.74, 6) is -0.291. The van der Waals surface area contributed by atoms with E-state index >= 15 is 0 Å². The Hall–Kier alpha value is -1.99. The topological polar surface area (TPSA) is 44.9 Å². The maximum Gasteiger partial charge on any atom is 0.139 e. The lowest BCUT2D eigenvalue weighted by Gasteiger charge is -2.15. The molecular weight excluding hydrogens is 323 g/mol. The van der Waals surface area contributed by atoms with E-state index < -0.39 is 8.07 Å². The zero-order chi connectivity index (χ0) is 17.3. The van der Waals surface area contributed by atoms with Crippen LogP contribution < -0.4 is 0 Å². The third-order valence-electron chi connectivity index (χ3n) is 3.88. The Balaban J connectivity index is 1.76. The minimum Gasteiger partial charge on any atom is -0.360 e. The molecule has 24 heavy (non-hydrogen) atoms. The molecular formula is C17H23FN4OSi. The van der Waals surface area contributed by atoms with Gasteiger partial charge in [0.1, 0.15) is 12.5 Å². The van der Waals surface area contributed by atoms with E-state index in [2.05, 4.69) is 29.8 Å². The molecule has 3 aromatic rings. The zero-order valence-electron chi connectivity index (χ0n) is 14.6. The lowest BCUT2D eigenvalue weighted by atomic mass is 10.1. The van der Waals surface area contributed by atoms with Crippen LogP contribution in [0.4, 0.5) is 4.39 Å². The molecule has 2 heterocycles. The fourth-order valence-corrected chi connectivity index (χ4v) is 3.24. The summed E-state index contributed by atoms with van der Waals surface area (Å²) in [6.07, 6.45) is 5.35. The smallest absolute Gasteiger partial charge is 0.139 e. The molecule has 0 saturated carbocycles. The second-order valence-corrected chi connectivity index (χ2v) is 12.9. The molecule has 0 aliphatic carbocycles. The van der Waals surface area contributed by atoms with Crippen molar-refractivity contribution in [1.29, 1.82) is 0 Å². The van der Waals surface area contributed by atoms with Gasteiger partial charge in [0, 0.05) is 56.7 Å². The fraction of sp³-hybridized carbons (Fsp3) is 0.412. The Bertz CT molecular complexity index is 850. The van der Waals surface area contributed by atoms with Crippen LogP contribution in [-0.4, -0.2) is 34.2 Å². The van der Waals surface area contributed by atoms with Crippen molar-refractivity contribution in [2.45, 2.75) is 32.4 Å². The summed E-state index contributed by atoms with van der Waals surface area (Å²) in [6.45, 7) is 8.09. The van der Waals surface area contributed by atoms with Crippen LogP contribution in [0.2, 0.25) is 25.7 Å². The lowest BCUT2D eigenvalue weighted by Crippen LogP contribution is -2.22. The highest BCUT2D eigenvalue weighted by Crippen LogP contribution is 2.27. The van der Waals surface area contributed by atoms with E-state index in [1.807, 2.05) is 19.3 Å². The number of halogens is 1. The van der Waals surface area contributed by atoms with Gasteiger partial charge in [0.25, 0.3) is 0 Å². The Morgan fingerprint density at radius 3 is 2.67 bits per heavy atom. The first-order chi connectivity index (χ1) is 11.3. The van der Waals surface area contributed by atoms with Crippen molar-refractivity contribution >= 4 is 19.0 Å². The summed E-state index contributed by atoms with van der Waals surface area (Å²) in [5, 5.41) is 9.38. The SMILES string of the molecule is Cn1cc(-c2cc3cn(COCC[Si](C)(C)C)nc3cc2F)cn1. The number of benzene rings is 1. The van der Waals surface area contributed by atoms with Gasteiger partial charge in [-0.05, 0) is 12.1 Å². The summed E-state index contributed by atoms with van der Waals surface area (Å²) < 4.78 is 23.4. The highest BCUT2D eigenvalue weighted by atomic mass is 28.3. The van der Waals surface area contributed by atoms with Gasteiger partial charge in [-0.1, -0.05) is 19.6 Å². The largest absolute Gasteiger partial charge is 0.360 e. The third kappa shape index (κ3) is 3.91. The van der Waals surface area contributed by atoms with Crippen LogP contribution in [0.25, 0.3) is 22.0 Å². The monoisotopic (exact) mass is 346 g/mol. The molecule has 0 N–H and O–H groups in total. The van der Waals surface area contributed by atoms with Gasteiger partial charge in [-0.15, -0.1) is 0 Å². The number of hydrogen-bond donors (Lipinski definition) is 0. The second kappa shape index (κ2) is 6.49. The van der Waals surface area contributed by atoms with E-state index in [1.54, 1.807) is 21.8 Å². The summed E-state index contributed by atoms with van der Waals surface area (Å²) >= 11 is 0. The molecule has 0 atom stereocenters. The summed E-state index contributed by atoms with van der Waals surface area (Å²) in [6, 6.07) is 4.40. The van der Waals surface area contributed by atoms with E-state index in [4.69, 9.17) is 4.74 Å². The van der Waals surface area contributed by atoms with Crippen molar-refractivity contribution in [3.63, 3.8) is 0 Å². The van der Waals surface area contributed by atoms with E-state index in [9.17, 15) is 4.39 Å². The fourth-order valence-electron chi connectivity index (χ4n) is 2.48. The first-order valence-corrected chi connectivity index (χ1v) is 11.8. The number of aromatic nitrogens is 4. The van der Waals surface area contributed by atoms with Crippen molar-refractivity contribution < 1.29 is 9.13 Å². The average Bonchev–Trinajstić information content (AvgIpc) is 3.07. The van der Waals surface area contributed by atoms with Crippen molar-refractivity contribution in [2.24, 2.45) is 7.05 Å². The van der Waals surface area contributed by atoms with Crippen LogP contribution in [0.1, 0.15) is 0 Å². The molecule has 0 amide bonds. The van der Waals surface area contributed by atoms with E-state index in [0.717, 1.165) is 23.6 Å². The molecule has 0 radical (unpaired) electrons. The quantitative estimate of drug-likeness (QED) is 0.502. The van der Waals surface area contributed by atoms with Gasteiger partial charge in [0.15, 0.2) is 0 Å². The molecule has 0 aliphatic heterocycles. The predicted molar refractivity (Wildman–Crippen MR) is 96.0 cm³/mol. The minimum absolute atomic E-state index is 0.291. The number of fused-ring (bicyclic) bond motifs is 1. The molecule has 128 valence electrons. The normalized spacial score (nSPS) is 12.2. The van der Waals surface area contributed by atoms with Crippen LogP contribution in [0.15, 0.2) is 30.7 Å². The second-order valence-electron chi connectivity index (χ2n) is 7.31. The molecule has 7 heteroatoms. The summed E-state index contributed by atoms with van der Waals surface area (Å²) in [5.41, 5.74) is 1.93. The number of aryl methyl sites for hydroxylation is 1. The van der Waals surface area contributed by atoms with Gasteiger partial charge in [-0.25, -0.2) is 9.07 Å². The highest BCUT2D eigenvalue weighted by molar-refractivity contribution is 6.76. The standard InChI is InChI=1S/C17H23FN4OSi/c1-21-10-14(9-19-21)15-7-13-11-22(20-17(13)8-16(15)18)12-23-5-6-24(2,3)4/h7-11H,5-6,12H2,1-4H3. The Morgan fingerprint density at radius 1 is 1.21 bits per heavy atom. The van der Waals surface area contributed by atoms with Crippen LogP contribution in [0.5, 0.6) is 0 Å². The first kappa shape index (κ1) is 16.9. The minimum atomic E-state index is -1.09. The first-order valence-electron chi connectivity index (χ1n) is 8.05. The van der Waals surface area contributed by atoms with Gasteiger partial charge in [0.2, 0.25) is 0 Å². The zero-order valence-corrected chi connectivity index (χ0v) is 15.6. The van der Waals surface area contributed by atoms with Crippen molar-refractivity contribution in [1.82, 2.24) is 19.6 Å². The molecule has 0 spiro atoms. The van der Waals surface area contributed by atoms with Gasteiger partial charge in [-0.3, -0.25) is 4.68 Å². The van der Waals surface area contributed by atoms with Crippen molar-refractivity contribution in [3.05, 3.63) is 36.5 Å². The molecule has 3 rings (SSSR count). The maximum absolute atomic E-state index is 14.3. The average molecular weight is 346 g/mol. The molecule has 0 saturated heterocycles. The number of rotatable bonds is 6. The molecule has 2 aromatic heterocycles. The van der Waals surface area contributed by atoms with E-state index in [0.29, 0.717) is 17.8 Å². The van der Waals surface area contributed by atoms with Gasteiger partial charge in [0.05, 0.1) is 11.7 Å². The molecule has 0 unspecified atom stereocenters. The van der Waals surface area contributed by atoms with Crippen LogP contribution >= 0.6 is 0 Å². The van der Waals surface area contributed by atoms with E-state index in [-0.39, 0.29) is 5.82 Å². The molecule has 0 aliphatic rings. The van der Waals surface area contributed by atoms with Gasteiger partial charge < -0.3 is 4.74 Å². The number of nitrogens with zero attached hydrogens (tertiary/aromatic N) is 4. The van der Waals surface area contributed by atoms with E-state index in [1.165, 1.54) is 6.07 Å². The molecule has 0 bridgehead atoms. The third-order valence-corrected chi connectivity index (χ3v) is 5.58. The van der Waals surface area contributed by atoms with Gasteiger partial charge >= 0.3 is 0 Å². The van der Waals surface area contributed by atoms with Crippen molar-refractivity contribution in [2.75, 3.05) is 6.61 Å². The van der Waals surface area contributed by atoms with Crippen LogP contribution in [-0.2, 0) is 18.5 Å². The maximum atomic E-state index is 14.3. The molecule has 0 fully saturated rings. The Kier molecular flexibility index (Phi) is 4.55. The van der Waals surface area contributed by atoms with Crippen molar-refractivity contribution in [3.8, 4) is 11.1 Å². The highest BCUT2D eigenvalue weighted by Gasteiger charge is 2.13. The summed E-state index contributed by atoms with van der Waals surface area (Å²) in [7, 11) is 0.725. The van der Waals surface area contributed by atoms with Gasteiger partial charge in [-0.2, -0.15) is 10.2 Å². The summed E-state index contributed by atoms with van der Waals surface area (Å²) in [4.78, 5) is 0. The lowest BCUT2D eigenvalue weighted by molar-refractivity contribution is 0.0791. The predicted octanol–water partition coefficient (Wildman–Crippen LogP) is 3.89. The van der Waals surface area contributed by atoms with Crippen LogP contribution in [0.3, 0.4) is 0 Å². The van der Waals surface area contributed by atoms with Crippen LogP contribution in [0, 0.1) is 5.82 Å². The number of hydrogen-bond acceptors (Lipinski definition) is 3. The molecule has 1 aromatic carbocycles. The Morgan fingerprint density at radius 2 is 2.00 bits per heavy atom.